The van der Waals surface area contributed by atoms with E-state index < -0.39 is 15.9 Å². The van der Waals surface area contributed by atoms with Gasteiger partial charge < -0.3 is 9.47 Å². The predicted molar refractivity (Wildman–Crippen MR) is 111 cm³/mol. The largest absolute Gasteiger partial charge is 0.497 e. The molecule has 1 aromatic heterocycles. The van der Waals surface area contributed by atoms with Crippen LogP contribution in [-0.4, -0.2) is 40.6 Å². The van der Waals surface area contributed by atoms with Gasteiger partial charge in [-0.05, 0) is 49.5 Å². The molecule has 0 unspecified atom stereocenters. The summed E-state index contributed by atoms with van der Waals surface area (Å²) in [6.07, 6.45) is 0. The Hall–Kier alpha value is -2.95. The smallest absolute Gasteiger partial charge is 0.257 e. The van der Waals surface area contributed by atoms with Crippen molar-refractivity contribution in [3.63, 3.8) is 0 Å². The van der Waals surface area contributed by atoms with Crippen molar-refractivity contribution in [2.75, 3.05) is 26.6 Å². The van der Waals surface area contributed by atoms with Crippen molar-refractivity contribution in [3.8, 4) is 22.8 Å². The molecular formula is C19H19N3O5S2. The van der Waals surface area contributed by atoms with Gasteiger partial charge in [0.05, 0.1) is 24.8 Å². The third-order valence-electron chi connectivity index (χ3n) is 4.10. The zero-order valence-corrected chi connectivity index (χ0v) is 17.6. The summed E-state index contributed by atoms with van der Waals surface area (Å²) in [5, 5.41) is 4.92. The van der Waals surface area contributed by atoms with Crippen LogP contribution in [0.15, 0.2) is 52.7 Å². The molecule has 0 aliphatic heterocycles. The topological polar surface area (TPSA) is 107 Å². The normalized spacial score (nSPS) is 11.1. The van der Waals surface area contributed by atoms with Crippen molar-refractivity contribution in [2.45, 2.75) is 4.90 Å². The average Bonchev–Trinajstić information content (AvgIpc) is 3.21. The summed E-state index contributed by atoms with van der Waals surface area (Å²) in [7, 11) is 0.916. The van der Waals surface area contributed by atoms with Crippen LogP contribution < -0.4 is 19.5 Å². The Balaban J connectivity index is 1.79. The maximum atomic E-state index is 12.5. The molecule has 0 radical (unpaired) electrons. The molecule has 8 nitrogen and oxygen atoms in total. The summed E-state index contributed by atoms with van der Waals surface area (Å²) in [4.78, 5) is 17.0. The van der Waals surface area contributed by atoms with E-state index in [0.29, 0.717) is 27.9 Å². The van der Waals surface area contributed by atoms with Crippen molar-refractivity contribution >= 4 is 32.4 Å². The molecule has 0 saturated carbocycles. The van der Waals surface area contributed by atoms with Crippen LogP contribution in [0.4, 0.5) is 5.13 Å². The molecule has 3 aromatic rings. The van der Waals surface area contributed by atoms with E-state index >= 15 is 0 Å². The first-order valence-electron chi connectivity index (χ1n) is 8.41. The number of carbonyl (C=O) groups excluding carboxylic acids is 1. The second kappa shape index (κ2) is 8.60. The zero-order chi connectivity index (χ0) is 21.0. The Kier molecular flexibility index (Phi) is 6.16. The zero-order valence-electron chi connectivity index (χ0n) is 15.9. The molecule has 152 valence electrons. The standard InChI is InChI=1S/C19H19N3O5S2/c1-20-29(24,25)14-7-4-12(5-8-14)18(23)22-19-21-16(11-28-19)15-10-13(26-2)6-9-17(15)27-3/h4-11,20H,1-3H3,(H,21,22,23). The molecule has 0 fully saturated rings. The maximum absolute atomic E-state index is 12.5. The highest BCUT2D eigenvalue weighted by atomic mass is 32.2. The molecule has 29 heavy (non-hydrogen) atoms. The summed E-state index contributed by atoms with van der Waals surface area (Å²) in [6.45, 7) is 0. The fourth-order valence-corrected chi connectivity index (χ4v) is 3.98. The Morgan fingerprint density at radius 3 is 2.41 bits per heavy atom. The molecule has 0 saturated heterocycles. The van der Waals surface area contributed by atoms with Crippen molar-refractivity contribution in [3.05, 3.63) is 53.4 Å². The number of anilines is 1. The number of ether oxygens (including phenoxy) is 2. The summed E-state index contributed by atoms with van der Waals surface area (Å²) < 4.78 is 36.4. The minimum absolute atomic E-state index is 0.0817. The van der Waals surface area contributed by atoms with Crippen molar-refractivity contribution < 1.29 is 22.7 Å². The lowest BCUT2D eigenvalue weighted by atomic mass is 10.1. The number of aromatic nitrogens is 1. The second-order valence-electron chi connectivity index (χ2n) is 5.79. The van der Waals surface area contributed by atoms with E-state index in [1.807, 2.05) is 0 Å². The Bertz CT molecular complexity index is 1130. The second-order valence-corrected chi connectivity index (χ2v) is 8.53. The lowest BCUT2D eigenvalue weighted by Gasteiger charge is -2.08. The van der Waals surface area contributed by atoms with E-state index in [2.05, 4.69) is 15.0 Å². The highest BCUT2D eigenvalue weighted by Crippen LogP contribution is 2.35. The number of carbonyl (C=O) groups is 1. The Morgan fingerprint density at radius 2 is 1.79 bits per heavy atom. The van der Waals surface area contributed by atoms with Crippen molar-refractivity contribution in [2.24, 2.45) is 0 Å². The third kappa shape index (κ3) is 4.56. The molecule has 10 heteroatoms. The molecular weight excluding hydrogens is 414 g/mol. The predicted octanol–water partition coefficient (Wildman–Crippen LogP) is 2.99. The first kappa shape index (κ1) is 20.8. The van der Waals surface area contributed by atoms with Crippen LogP contribution in [0, 0.1) is 0 Å². The quantitative estimate of drug-likeness (QED) is 0.593. The van der Waals surface area contributed by atoms with Crippen LogP contribution in [0.3, 0.4) is 0 Å². The molecule has 1 amide bonds. The number of nitrogens with zero attached hydrogens (tertiary/aromatic N) is 1. The van der Waals surface area contributed by atoms with Crippen LogP contribution >= 0.6 is 11.3 Å². The Labute approximate surface area is 172 Å². The van der Waals surface area contributed by atoms with E-state index in [1.165, 1.54) is 42.6 Å². The number of amides is 1. The van der Waals surface area contributed by atoms with Gasteiger partial charge in [0, 0.05) is 16.5 Å². The van der Waals surface area contributed by atoms with Gasteiger partial charge >= 0.3 is 0 Å². The van der Waals surface area contributed by atoms with Gasteiger partial charge in [-0.2, -0.15) is 0 Å². The van der Waals surface area contributed by atoms with Crippen LogP contribution in [-0.2, 0) is 10.0 Å². The summed E-state index contributed by atoms with van der Waals surface area (Å²) >= 11 is 1.27. The number of methoxy groups -OCH3 is 2. The number of nitrogens with one attached hydrogen (secondary N) is 2. The van der Waals surface area contributed by atoms with E-state index in [4.69, 9.17) is 9.47 Å². The van der Waals surface area contributed by atoms with Gasteiger partial charge in [0.15, 0.2) is 5.13 Å². The molecule has 2 aromatic carbocycles. The first-order chi connectivity index (χ1) is 13.9. The fourth-order valence-electron chi connectivity index (χ4n) is 2.54. The summed E-state index contributed by atoms with van der Waals surface area (Å²) in [5.41, 5.74) is 1.69. The molecule has 3 rings (SSSR count). The van der Waals surface area contributed by atoms with Crippen molar-refractivity contribution in [1.82, 2.24) is 9.71 Å². The van der Waals surface area contributed by atoms with Gasteiger partial charge in [0.25, 0.3) is 5.91 Å². The van der Waals surface area contributed by atoms with Gasteiger partial charge in [0.1, 0.15) is 11.5 Å². The van der Waals surface area contributed by atoms with Crippen LogP contribution in [0.1, 0.15) is 10.4 Å². The lowest BCUT2D eigenvalue weighted by molar-refractivity contribution is 0.102. The molecule has 0 aliphatic rings. The van der Waals surface area contributed by atoms with E-state index in [9.17, 15) is 13.2 Å². The fraction of sp³-hybridized carbons (Fsp3) is 0.158. The van der Waals surface area contributed by atoms with Gasteiger partial charge in [-0.15, -0.1) is 11.3 Å². The summed E-state index contributed by atoms with van der Waals surface area (Å²) in [6, 6.07) is 11.0. The highest BCUT2D eigenvalue weighted by molar-refractivity contribution is 7.89. The molecule has 0 aliphatic carbocycles. The number of benzene rings is 2. The van der Waals surface area contributed by atoms with Crippen molar-refractivity contribution in [1.29, 1.82) is 0 Å². The highest BCUT2D eigenvalue weighted by Gasteiger charge is 2.15. The van der Waals surface area contributed by atoms with Crippen LogP contribution in [0.25, 0.3) is 11.3 Å². The van der Waals surface area contributed by atoms with Crippen LogP contribution in [0.5, 0.6) is 11.5 Å². The number of thiazole rings is 1. The molecule has 0 bridgehead atoms. The molecule has 0 spiro atoms. The minimum atomic E-state index is -3.55. The first-order valence-corrected chi connectivity index (χ1v) is 10.8. The van der Waals surface area contributed by atoms with E-state index in [0.717, 1.165) is 5.56 Å². The molecule has 2 N–H and O–H groups in total. The minimum Gasteiger partial charge on any atom is -0.497 e. The Morgan fingerprint density at radius 1 is 1.07 bits per heavy atom. The number of hydrogen-bond acceptors (Lipinski definition) is 7. The van der Waals surface area contributed by atoms with Gasteiger partial charge in [-0.1, -0.05) is 0 Å². The SMILES string of the molecule is CNS(=O)(=O)c1ccc(C(=O)Nc2nc(-c3cc(OC)ccc3OC)cs2)cc1. The molecule has 1 heterocycles. The monoisotopic (exact) mass is 433 g/mol. The van der Waals surface area contributed by atoms with E-state index in [1.54, 1.807) is 37.8 Å². The third-order valence-corrected chi connectivity index (χ3v) is 6.29. The van der Waals surface area contributed by atoms with Gasteiger partial charge in [0.2, 0.25) is 10.0 Å². The van der Waals surface area contributed by atoms with Gasteiger partial charge in [-0.3, -0.25) is 10.1 Å². The average molecular weight is 434 g/mol. The number of rotatable bonds is 7. The maximum Gasteiger partial charge on any atom is 0.257 e. The number of sulfonamides is 1. The van der Waals surface area contributed by atoms with Gasteiger partial charge in [-0.25, -0.2) is 18.1 Å². The van der Waals surface area contributed by atoms with E-state index in [-0.39, 0.29) is 4.90 Å². The lowest BCUT2D eigenvalue weighted by Crippen LogP contribution is -2.19. The number of hydrogen-bond donors (Lipinski definition) is 2. The summed E-state index contributed by atoms with van der Waals surface area (Å²) in [5.74, 6) is 0.906. The van der Waals surface area contributed by atoms with Crippen LogP contribution in [0.2, 0.25) is 0 Å². The molecule has 0 atom stereocenters.